The van der Waals surface area contributed by atoms with Crippen molar-refractivity contribution in [3.05, 3.63) is 71.8 Å². The molecule has 0 aliphatic rings. The van der Waals surface area contributed by atoms with Crippen molar-refractivity contribution in [2.75, 3.05) is 19.8 Å². The van der Waals surface area contributed by atoms with Gasteiger partial charge in [-0.05, 0) is 60.3 Å². The van der Waals surface area contributed by atoms with Crippen LogP contribution in [-0.4, -0.2) is 36.0 Å². The van der Waals surface area contributed by atoms with Crippen LogP contribution in [0.25, 0.3) is 11.1 Å². The number of carbonyl (C=O) groups excluding carboxylic acids is 1. The summed E-state index contributed by atoms with van der Waals surface area (Å²) in [5.41, 5.74) is 5.06. The number of esters is 1. The lowest BCUT2D eigenvalue weighted by Gasteiger charge is -2.16. The van der Waals surface area contributed by atoms with E-state index in [1.807, 2.05) is 0 Å². The fraction of sp³-hybridized carbons (Fsp3) is 0.444. The molecule has 0 heterocycles. The molecule has 0 aliphatic heterocycles. The molecule has 168 valence electrons. The molecule has 2 aromatic carbocycles. The molecule has 2 rings (SSSR count). The molecule has 2 aromatic rings. The topological polar surface area (TPSA) is 66.8 Å². The van der Waals surface area contributed by atoms with Gasteiger partial charge in [0.1, 0.15) is 0 Å². The third-order valence-electron chi connectivity index (χ3n) is 5.61. The van der Waals surface area contributed by atoms with Gasteiger partial charge in [0.05, 0.1) is 18.8 Å². The van der Waals surface area contributed by atoms with Crippen molar-refractivity contribution in [1.29, 1.82) is 0 Å². The summed E-state index contributed by atoms with van der Waals surface area (Å²) in [6, 6.07) is 17.4. The summed E-state index contributed by atoms with van der Waals surface area (Å²) in [5, 5.41) is 18.3. The summed E-state index contributed by atoms with van der Waals surface area (Å²) in [6.45, 7) is 5.65. The molecule has 0 aromatic heterocycles. The molecule has 2 N–H and O–H groups in total. The number of carbonyl (C=O) groups is 1. The zero-order valence-electron chi connectivity index (χ0n) is 18.7. The lowest BCUT2D eigenvalue weighted by molar-refractivity contribution is -0.139. The second kappa shape index (κ2) is 13.8. The fourth-order valence-corrected chi connectivity index (χ4v) is 3.63. The summed E-state index contributed by atoms with van der Waals surface area (Å²) in [6.07, 6.45) is 7.04. The van der Waals surface area contributed by atoms with Gasteiger partial charge in [0.25, 0.3) is 0 Å². The van der Waals surface area contributed by atoms with Gasteiger partial charge in [-0.1, -0.05) is 74.9 Å². The van der Waals surface area contributed by atoms with Crippen molar-refractivity contribution in [3.8, 4) is 11.1 Å². The average molecular weight is 425 g/mol. The standard InChI is InChI=1S/C27H36O4/c1-3-4-5-6-22-7-11-25(12-8-22)26-13-9-23(10-14-26)19-24(15-17-28)16-18-31-27(30)21(2)20-29/h7-14,24,28-29H,2-6,15-20H2,1H3. The van der Waals surface area contributed by atoms with Gasteiger partial charge < -0.3 is 14.9 Å². The van der Waals surface area contributed by atoms with Crippen LogP contribution in [0, 0.1) is 5.92 Å². The number of ether oxygens (including phenoxy) is 1. The smallest absolute Gasteiger partial charge is 0.335 e. The van der Waals surface area contributed by atoms with Crippen LogP contribution in [-0.2, 0) is 22.4 Å². The monoisotopic (exact) mass is 424 g/mol. The second-order valence-electron chi connectivity index (χ2n) is 8.12. The highest BCUT2D eigenvalue weighted by atomic mass is 16.5. The van der Waals surface area contributed by atoms with Crippen molar-refractivity contribution < 1.29 is 19.7 Å². The largest absolute Gasteiger partial charge is 0.462 e. The zero-order valence-corrected chi connectivity index (χ0v) is 18.7. The molecular weight excluding hydrogens is 388 g/mol. The van der Waals surface area contributed by atoms with E-state index in [4.69, 9.17) is 9.84 Å². The number of hydrogen-bond acceptors (Lipinski definition) is 4. The van der Waals surface area contributed by atoms with Gasteiger partial charge in [0.2, 0.25) is 0 Å². The van der Waals surface area contributed by atoms with E-state index in [9.17, 15) is 9.90 Å². The van der Waals surface area contributed by atoms with Crippen LogP contribution in [0.15, 0.2) is 60.7 Å². The van der Waals surface area contributed by atoms with Crippen LogP contribution in [0.1, 0.15) is 50.2 Å². The van der Waals surface area contributed by atoms with E-state index in [0.717, 1.165) is 12.8 Å². The number of aryl methyl sites for hydroxylation is 1. The quantitative estimate of drug-likeness (QED) is 0.251. The van der Waals surface area contributed by atoms with Gasteiger partial charge in [0.15, 0.2) is 0 Å². The maximum Gasteiger partial charge on any atom is 0.335 e. The molecule has 0 amide bonds. The Morgan fingerprint density at radius 3 is 2.10 bits per heavy atom. The summed E-state index contributed by atoms with van der Waals surface area (Å²) in [4.78, 5) is 11.6. The molecule has 0 aliphatic carbocycles. The van der Waals surface area contributed by atoms with Crippen LogP contribution >= 0.6 is 0 Å². The Bertz CT molecular complexity index is 793. The van der Waals surface area contributed by atoms with Crippen molar-refractivity contribution in [2.24, 2.45) is 5.92 Å². The van der Waals surface area contributed by atoms with Gasteiger partial charge >= 0.3 is 5.97 Å². The Hall–Kier alpha value is -2.43. The second-order valence-corrected chi connectivity index (χ2v) is 8.12. The predicted octanol–water partition coefficient (Wildman–Crippen LogP) is 5.11. The highest BCUT2D eigenvalue weighted by molar-refractivity contribution is 5.87. The molecule has 0 bridgehead atoms. The van der Waals surface area contributed by atoms with E-state index in [1.165, 1.54) is 41.5 Å². The summed E-state index contributed by atoms with van der Waals surface area (Å²) in [7, 11) is 0. The normalized spacial score (nSPS) is 11.8. The average Bonchev–Trinajstić information content (AvgIpc) is 2.79. The lowest BCUT2D eigenvalue weighted by atomic mass is 9.92. The Morgan fingerprint density at radius 2 is 1.55 bits per heavy atom. The number of aliphatic hydroxyl groups is 2. The first-order valence-corrected chi connectivity index (χ1v) is 11.3. The number of unbranched alkanes of at least 4 members (excludes halogenated alkanes) is 2. The molecule has 1 unspecified atom stereocenters. The molecular formula is C27H36O4. The van der Waals surface area contributed by atoms with Crippen molar-refractivity contribution in [1.82, 2.24) is 0 Å². The van der Waals surface area contributed by atoms with Crippen LogP contribution in [0.3, 0.4) is 0 Å². The van der Waals surface area contributed by atoms with E-state index in [-0.39, 0.29) is 24.7 Å². The first-order chi connectivity index (χ1) is 15.1. The highest BCUT2D eigenvalue weighted by Crippen LogP contribution is 2.23. The molecule has 4 nitrogen and oxygen atoms in total. The molecule has 0 saturated carbocycles. The van der Waals surface area contributed by atoms with Crippen LogP contribution < -0.4 is 0 Å². The minimum atomic E-state index is -0.564. The first kappa shape index (κ1) is 24.8. The molecule has 31 heavy (non-hydrogen) atoms. The van der Waals surface area contributed by atoms with E-state index in [0.29, 0.717) is 12.8 Å². The minimum Gasteiger partial charge on any atom is -0.462 e. The SMILES string of the molecule is C=C(CO)C(=O)OCCC(CCO)Cc1ccc(-c2ccc(CCCCC)cc2)cc1. The van der Waals surface area contributed by atoms with Crippen LogP contribution in [0.5, 0.6) is 0 Å². The third kappa shape index (κ3) is 8.68. The minimum absolute atomic E-state index is 0.0586. The van der Waals surface area contributed by atoms with E-state index < -0.39 is 12.6 Å². The van der Waals surface area contributed by atoms with E-state index >= 15 is 0 Å². The maximum absolute atomic E-state index is 11.6. The molecule has 0 radical (unpaired) electrons. The molecule has 4 heteroatoms. The lowest BCUT2D eigenvalue weighted by Crippen LogP contribution is -2.15. The van der Waals surface area contributed by atoms with Gasteiger partial charge in [-0.2, -0.15) is 0 Å². The summed E-state index contributed by atoms with van der Waals surface area (Å²) in [5.74, 6) is -0.348. The number of rotatable bonds is 14. The summed E-state index contributed by atoms with van der Waals surface area (Å²) >= 11 is 0. The molecule has 1 atom stereocenters. The first-order valence-electron chi connectivity index (χ1n) is 11.3. The molecule has 0 spiro atoms. The van der Waals surface area contributed by atoms with E-state index in [1.54, 1.807) is 0 Å². The van der Waals surface area contributed by atoms with Crippen LogP contribution in [0.4, 0.5) is 0 Å². The van der Waals surface area contributed by atoms with Crippen molar-refractivity contribution in [3.63, 3.8) is 0 Å². The van der Waals surface area contributed by atoms with E-state index in [2.05, 4.69) is 62.0 Å². The predicted molar refractivity (Wildman–Crippen MR) is 126 cm³/mol. The van der Waals surface area contributed by atoms with Crippen molar-refractivity contribution >= 4 is 5.97 Å². The van der Waals surface area contributed by atoms with Crippen LogP contribution in [0.2, 0.25) is 0 Å². The fourth-order valence-electron chi connectivity index (χ4n) is 3.63. The van der Waals surface area contributed by atoms with Crippen molar-refractivity contribution in [2.45, 2.75) is 51.9 Å². The van der Waals surface area contributed by atoms with Gasteiger partial charge in [-0.25, -0.2) is 4.79 Å². The number of aliphatic hydroxyl groups excluding tert-OH is 2. The van der Waals surface area contributed by atoms with Gasteiger partial charge in [-0.3, -0.25) is 0 Å². The maximum atomic E-state index is 11.6. The highest BCUT2D eigenvalue weighted by Gasteiger charge is 2.13. The Labute approximate surface area is 186 Å². The van der Waals surface area contributed by atoms with Gasteiger partial charge in [0, 0.05) is 6.61 Å². The Kier molecular flexibility index (Phi) is 11.0. The Balaban J connectivity index is 1.90. The summed E-state index contributed by atoms with van der Waals surface area (Å²) < 4.78 is 5.15. The third-order valence-corrected chi connectivity index (χ3v) is 5.61. The van der Waals surface area contributed by atoms with Gasteiger partial charge in [-0.15, -0.1) is 0 Å². The molecule has 0 saturated heterocycles. The number of benzene rings is 2. The zero-order chi connectivity index (χ0) is 22.5. The Morgan fingerprint density at radius 1 is 0.935 bits per heavy atom. The molecule has 0 fully saturated rings. The number of hydrogen-bond donors (Lipinski definition) is 2.